The monoisotopic (exact) mass is 481 g/mol. The number of hydrogen-bond acceptors (Lipinski definition) is 3. The van der Waals surface area contributed by atoms with E-state index < -0.39 is 0 Å². The molecule has 1 N–H and O–H groups in total. The lowest BCUT2D eigenvalue weighted by atomic mass is 9.82. The summed E-state index contributed by atoms with van der Waals surface area (Å²) < 4.78 is 5.89. The van der Waals surface area contributed by atoms with E-state index in [1.54, 1.807) is 0 Å². The third-order valence-corrected chi connectivity index (χ3v) is 7.42. The van der Waals surface area contributed by atoms with Crippen LogP contribution in [0.1, 0.15) is 52.4 Å². The standard InChI is InChI=1S/C19H35N3OS.HI/c1-3-20-18(22-13-16-7-5-6-8-17(16)14-22)21-15-19(24-4-2)9-11-23-12-10-19;/h16-17H,3-15H2,1-2H3,(H,20,21);1H. The maximum Gasteiger partial charge on any atom is 0.193 e. The molecule has 0 aromatic heterocycles. The molecule has 6 heteroatoms. The van der Waals surface area contributed by atoms with Gasteiger partial charge in [0.15, 0.2) is 5.96 Å². The zero-order chi connectivity index (χ0) is 16.8. The summed E-state index contributed by atoms with van der Waals surface area (Å²) >= 11 is 2.09. The van der Waals surface area contributed by atoms with Crippen molar-refractivity contribution >= 4 is 41.7 Å². The van der Waals surface area contributed by atoms with Gasteiger partial charge in [-0.1, -0.05) is 19.8 Å². The average Bonchev–Trinajstić information content (AvgIpc) is 3.03. The van der Waals surface area contributed by atoms with Crippen LogP contribution in [0, 0.1) is 11.8 Å². The molecule has 0 amide bonds. The minimum absolute atomic E-state index is 0. The van der Waals surface area contributed by atoms with E-state index in [4.69, 9.17) is 9.73 Å². The van der Waals surface area contributed by atoms with Gasteiger partial charge in [0.05, 0.1) is 6.54 Å². The number of fused-ring (bicyclic) bond motifs is 1. The van der Waals surface area contributed by atoms with Gasteiger partial charge in [0.1, 0.15) is 0 Å². The first-order valence-corrected chi connectivity index (χ1v) is 11.0. The van der Waals surface area contributed by atoms with Gasteiger partial charge in [0.2, 0.25) is 0 Å². The van der Waals surface area contributed by atoms with E-state index in [0.717, 1.165) is 56.9 Å². The smallest absolute Gasteiger partial charge is 0.193 e. The van der Waals surface area contributed by atoms with Crippen LogP contribution in [-0.2, 0) is 4.74 Å². The van der Waals surface area contributed by atoms with Crippen LogP contribution >= 0.6 is 35.7 Å². The highest BCUT2D eigenvalue weighted by Gasteiger charge is 2.37. The average molecular weight is 481 g/mol. The molecule has 0 aromatic rings. The first-order chi connectivity index (χ1) is 11.8. The first-order valence-electron chi connectivity index (χ1n) is 10.0. The van der Waals surface area contributed by atoms with Gasteiger partial charge >= 0.3 is 0 Å². The number of thioether (sulfide) groups is 1. The van der Waals surface area contributed by atoms with Gasteiger partial charge in [-0.25, -0.2) is 0 Å². The second-order valence-electron chi connectivity index (χ2n) is 7.61. The molecule has 3 aliphatic rings. The number of nitrogens with zero attached hydrogens (tertiary/aromatic N) is 2. The molecule has 2 unspecified atom stereocenters. The number of aliphatic imine (C=N–C) groups is 1. The zero-order valence-corrected chi connectivity index (χ0v) is 19.1. The van der Waals surface area contributed by atoms with Crippen LogP contribution < -0.4 is 5.32 Å². The number of guanidine groups is 1. The topological polar surface area (TPSA) is 36.9 Å². The fraction of sp³-hybridized carbons (Fsp3) is 0.947. The highest BCUT2D eigenvalue weighted by molar-refractivity contribution is 14.0. The van der Waals surface area contributed by atoms with Gasteiger partial charge in [0, 0.05) is 37.6 Å². The summed E-state index contributed by atoms with van der Waals surface area (Å²) in [6.07, 6.45) is 7.98. The summed E-state index contributed by atoms with van der Waals surface area (Å²) in [5.74, 6) is 4.14. The van der Waals surface area contributed by atoms with Gasteiger partial charge in [-0.15, -0.1) is 24.0 Å². The molecule has 0 aromatic carbocycles. The van der Waals surface area contributed by atoms with Gasteiger partial charge in [-0.05, 0) is 50.2 Å². The molecule has 25 heavy (non-hydrogen) atoms. The highest BCUT2D eigenvalue weighted by atomic mass is 127. The van der Waals surface area contributed by atoms with E-state index in [0.29, 0.717) is 4.75 Å². The highest BCUT2D eigenvalue weighted by Crippen LogP contribution is 2.37. The maximum absolute atomic E-state index is 5.60. The predicted molar refractivity (Wildman–Crippen MR) is 119 cm³/mol. The molecule has 2 atom stereocenters. The largest absolute Gasteiger partial charge is 0.381 e. The second kappa shape index (κ2) is 10.6. The summed E-state index contributed by atoms with van der Waals surface area (Å²) in [4.78, 5) is 7.67. The summed E-state index contributed by atoms with van der Waals surface area (Å²) in [6.45, 7) is 10.6. The quantitative estimate of drug-likeness (QED) is 0.366. The Kier molecular flexibility index (Phi) is 9.16. The summed E-state index contributed by atoms with van der Waals surface area (Å²) in [7, 11) is 0. The van der Waals surface area contributed by atoms with Crippen LogP contribution in [0.25, 0.3) is 0 Å². The van der Waals surface area contributed by atoms with Crippen molar-refractivity contribution < 1.29 is 4.74 Å². The van der Waals surface area contributed by atoms with E-state index in [9.17, 15) is 0 Å². The Bertz CT molecular complexity index is 409. The van der Waals surface area contributed by atoms with Crippen molar-refractivity contribution in [2.24, 2.45) is 16.8 Å². The minimum Gasteiger partial charge on any atom is -0.381 e. The Morgan fingerprint density at radius 1 is 1.16 bits per heavy atom. The number of hydrogen-bond donors (Lipinski definition) is 1. The molecule has 2 heterocycles. The van der Waals surface area contributed by atoms with E-state index in [-0.39, 0.29) is 24.0 Å². The van der Waals surface area contributed by atoms with Crippen LogP contribution in [-0.4, -0.2) is 60.8 Å². The van der Waals surface area contributed by atoms with Crippen molar-refractivity contribution in [2.45, 2.75) is 57.1 Å². The Morgan fingerprint density at radius 2 is 1.80 bits per heavy atom. The fourth-order valence-corrected chi connectivity index (χ4v) is 5.84. The molecule has 0 spiro atoms. The Balaban J connectivity index is 0.00000225. The molecular weight excluding hydrogens is 445 g/mol. The van der Waals surface area contributed by atoms with Crippen molar-refractivity contribution in [3.05, 3.63) is 0 Å². The van der Waals surface area contributed by atoms with E-state index >= 15 is 0 Å². The number of likely N-dealkylation sites (tertiary alicyclic amines) is 1. The molecule has 146 valence electrons. The third kappa shape index (κ3) is 5.64. The molecule has 4 nitrogen and oxygen atoms in total. The number of ether oxygens (including phenoxy) is 1. The summed E-state index contributed by atoms with van der Waals surface area (Å²) in [5.41, 5.74) is 0. The summed E-state index contributed by atoms with van der Waals surface area (Å²) in [6, 6.07) is 0. The van der Waals surface area contributed by atoms with E-state index in [1.807, 2.05) is 0 Å². The maximum atomic E-state index is 5.60. The lowest BCUT2D eigenvalue weighted by Crippen LogP contribution is -2.43. The zero-order valence-electron chi connectivity index (χ0n) is 16.0. The molecule has 2 aliphatic heterocycles. The Hall–Kier alpha value is 0.310. The molecule has 3 rings (SSSR count). The normalized spacial score (nSPS) is 29.0. The second-order valence-corrected chi connectivity index (χ2v) is 9.34. The van der Waals surface area contributed by atoms with Crippen molar-refractivity contribution in [3.63, 3.8) is 0 Å². The molecule has 1 aliphatic carbocycles. The van der Waals surface area contributed by atoms with Gasteiger partial charge in [-0.3, -0.25) is 4.99 Å². The number of rotatable bonds is 5. The van der Waals surface area contributed by atoms with Gasteiger partial charge < -0.3 is 15.0 Å². The van der Waals surface area contributed by atoms with Crippen LogP contribution in [0.4, 0.5) is 0 Å². The van der Waals surface area contributed by atoms with Crippen molar-refractivity contribution in [3.8, 4) is 0 Å². The van der Waals surface area contributed by atoms with E-state index in [2.05, 4.69) is 35.8 Å². The lowest BCUT2D eigenvalue weighted by Gasteiger charge is -2.35. The molecular formula is C19H36IN3OS. The Morgan fingerprint density at radius 3 is 2.36 bits per heavy atom. The molecule has 1 saturated carbocycles. The lowest BCUT2D eigenvalue weighted by molar-refractivity contribution is 0.0793. The Labute approximate surface area is 175 Å². The van der Waals surface area contributed by atoms with Crippen molar-refractivity contribution in [2.75, 3.05) is 45.1 Å². The molecule has 3 fully saturated rings. The van der Waals surface area contributed by atoms with Crippen LogP contribution in [0.5, 0.6) is 0 Å². The first kappa shape index (κ1) is 21.6. The van der Waals surface area contributed by atoms with Gasteiger partial charge in [0.25, 0.3) is 0 Å². The number of nitrogens with one attached hydrogen (secondary N) is 1. The minimum atomic E-state index is 0. The molecule has 2 saturated heterocycles. The SMILES string of the molecule is CCNC(=NCC1(SCC)CCOCC1)N1CC2CCCCC2C1.I. The van der Waals surface area contributed by atoms with Crippen molar-refractivity contribution in [1.82, 2.24) is 10.2 Å². The van der Waals surface area contributed by atoms with E-state index in [1.165, 1.54) is 44.5 Å². The summed E-state index contributed by atoms with van der Waals surface area (Å²) in [5, 5.41) is 3.57. The fourth-order valence-electron chi connectivity index (χ4n) is 4.62. The van der Waals surface area contributed by atoms with Gasteiger partial charge in [-0.2, -0.15) is 11.8 Å². The van der Waals surface area contributed by atoms with Crippen LogP contribution in [0.3, 0.4) is 0 Å². The number of halogens is 1. The molecule has 0 bridgehead atoms. The van der Waals surface area contributed by atoms with Crippen molar-refractivity contribution in [1.29, 1.82) is 0 Å². The predicted octanol–water partition coefficient (Wildman–Crippen LogP) is 3.99. The molecule has 0 radical (unpaired) electrons. The third-order valence-electron chi connectivity index (χ3n) is 5.98. The van der Waals surface area contributed by atoms with Crippen LogP contribution in [0.2, 0.25) is 0 Å². The van der Waals surface area contributed by atoms with Crippen LogP contribution in [0.15, 0.2) is 4.99 Å².